The average Bonchev–Trinajstić information content (AvgIpc) is 2.65. The highest BCUT2D eigenvalue weighted by atomic mass is 16.8. The van der Waals surface area contributed by atoms with Gasteiger partial charge in [-0.2, -0.15) is 0 Å². The first kappa shape index (κ1) is 12.1. The Balaban J connectivity index is 2.23. The molecule has 0 saturated carbocycles. The van der Waals surface area contributed by atoms with E-state index in [4.69, 9.17) is 14.2 Å². The van der Waals surface area contributed by atoms with Crippen molar-refractivity contribution in [3.63, 3.8) is 0 Å². The van der Waals surface area contributed by atoms with Gasteiger partial charge >= 0.3 is 0 Å². The average molecular weight is 236 g/mol. The Morgan fingerprint density at radius 1 is 1.24 bits per heavy atom. The summed E-state index contributed by atoms with van der Waals surface area (Å²) < 4.78 is 16.3. The zero-order valence-corrected chi connectivity index (χ0v) is 10.2. The number of hydrogen-bond acceptors (Lipinski definition) is 4. The molecule has 0 bridgehead atoms. The fourth-order valence-corrected chi connectivity index (χ4v) is 1.94. The number of methoxy groups -OCH3 is 1. The van der Waals surface area contributed by atoms with Crippen molar-refractivity contribution in [2.75, 3.05) is 7.11 Å². The van der Waals surface area contributed by atoms with Crippen LogP contribution in [0.5, 0.6) is 5.75 Å². The minimum atomic E-state index is -0.726. The molecular formula is C13H16O4. The predicted molar refractivity (Wildman–Crippen MR) is 61.8 cm³/mol. The molecule has 17 heavy (non-hydrogen) atoms. The van der Waals surface area contributed by atoms with Crippen LogP contribution < -0.4 is 4.74 Å². The van der Waals surface area contributed by atoms with Gasteiger partial charge in [0.25, 0.3) is 0 Å². The molecule has 0 aromatic heterocycles. The first-order valence-corrected chi connectivity index (χ1v) is 5.50. The molecule has 0 radical (unpaired) electrons. The molecule has 1 heterocycles. The van der Waals surface area contributed by atoms with E-state index in [1.54, 1.807) is 21.0 Å². The molecule has 4 nitrogen and oxygen atoms in total. The monoisotopic (exact) mass is 236 g/mol. The molecule has 1 aromatic carbocycles. The minimum Gasteiger partial charge on any atom is -0.497 e. The number of ether oxygens (including phenoxy) is 3. The highest BCUT2D eigenvalue weighted by Gasteiger charge is 2.41. The maximum absolute atomic E-state index is 11.0. The first-order valence-electron chi connectivity index (χ1n) is 5.50. The Morgan fingerprint density at radius 2 is 1.88 bits per heavy atom. The SMILES string of the molecule is COc1ccc([C@@H]2OC(C)(C)O[C@H]2C=O)cc1. The highest BCUT2D eigenvalue weighted by Crippen LogP contribution is 2.37. The van der Waals surface area contributed by atoms with Crippen molar-refractivity contribution in [1.29, 1.82) is 0 Å². The quantitative estimate of drug-likeness (QED) is 0.754. The summed E-state index contributed by atoms with van der Waals surface area (Å²) in [6.45, 7) is 3.60. The molecular weight excluding hydrogens is 220 g/mol. The third-order valence-corrected chi connectivity index (χ3v) is 2.71. The Labute approximate surface area is 100 Å². The van der Waals surface area contributed by atoms with E-state index in [1.807, 2.05) is 24.3 Å². The van der Waals surface area contributed by atoms with Crippen LogP contribution in [0, 0.1) is 0 Å². The van der Waals surface area contributed by atoms with Crippen molar-refractivity contribution in [2.24, 2.45) is 0 Å². The zero-order valence-electron chi connectivity index (χ0n) is 10.2. The van der Waals surface area contributed by atoms with Crippen LogP contribution >= 0.6 is 0 Å². The molecule has 1 aromatic rings. The van der Waals surface area contributed by atoms with Crippen LogP contribution in [0.3, 0.4) is 0 Å². The van der Waals surface area contributed by atoms with Crippen LogP contribution in [0.15, 0.2) is 24.3 Å². The Hall–Kier alpha value is -1.39. The van der Waals surface area contributed by atoms with Crippen molar-refractivity contribution in [3.05, 3.63) is 29.8 Å². The van der Waals surface area contributed by atoms with Gasteiger partial charge in [-0.25, -0.2) is 0 Å². The minimum absolute atomic E-state index is 0.353. The third kappa shape index (κ3) is 2.48. The third-order valence-electron chi connectivity index (χ3n) is 2.71. The van der Waals surface area contributed by atoms with Crippen LogP contribution in [0.2, 0.25) is 0 Å². The van der Waals surface area contributed by atoms with E-state index in [2.05, 4.69) is 0 Å². The zero-order chi connectivity index (χ0) is 12.5. The topological polar surface area (TPSA) is 44.8 Å². The van der Waals surface area contributed by atoms with Gasteiger partial charge in [-0.15, -0.1) is 0 Å². The molecule has 0 amide bonds. The van der Waals surface area contributed by atoms with Gasteiger partial charge in [-0.1, -0.05) is 12.1 Å². The van der Waals surface area contributed by atoms with E-state index in [9.17, 15) is 4.79 Å². The van der Waals surface area contributed by atoms with E-state index in [0.717, 1.165) is 17.6 Å². The Bertz CT molecular complexity index is 396. The summed E-state index contributed by atoms with van der Waals surface area (Å²) >= 11 is 0. The Kier molecular flexibility index (Phi) is 3.17. The van der Waals surface area contributed by atoms with Gasteiger partial charge in [0.2, 0.25) is 0 Å². The molecule has 92 valence electrons. The number of aldehydes is 1. The van der Waals surface area contributed by atoms with Gasteiger partial charge in [-0.05, 0) is 31.5 Å². The number of benzene rings is 1. The molecule has 1 aliphatic rings. The summed E-state index contributed by atoms with van der Waals surface area (Å²) in [5.41, 5.74) is 0.911. The molecule has 1 saturated heterocycles. The van der Waals surface area contributed by atoms with Gasteiger partial charge in [0.1, 0.15) is 18.0 Å². The second kappa shape index (κ2) is 4.47. The van der Waals surface area contributed by atoms with Crippen LogP contribution in [-0.2, 0) is 14.3 Å². The second-order valence-electron chi connectivity index (χ2n) is 4.43. The van der Waals surface area contributed by atoms with Crippen molar-refractivity contribution in [2.45, 2.75) is 31.8 Å². The van der Waals surface area contributed by atoms with Crippen LogP contribution in [0.25, 0.3) is 0 Å². The van der Waals surface area contributed by atoms with Crippen molar-refractivity contribution < 1.29 is 19.0 Å². The largest absolute Gasteiger partial charge is 0.497 e. The number of hydrogen-bond donors (Lipinski definition) is 0. The van der Waals surface area contributed by atoms with Crippen LogP contribution in [-0.4, -0.2) is 25.3 Å². The summed E-state index contributed by atoms with van der Waals surface area (Å²) in [6.07, 6.45) is -0.129. The molecule has 2 atom stereocenters. The number of rotatable bonds is 3. The highest BCUT2D eigenvalue weighted by molar-refractivity contribution is 5.58. The van der Waals surface area contributed by atoms with Crippen molar-refractivity contribution >= 4 is 6.29 Å². The maximum atomic E-state index is 11.0. The second-order valence-corrected chi connectivity index (χ2v) is 4.43. The van der Waals surface area contributed by atoms with Crippen LogP contribution in [0.4, 0.5) is 0 Å². The van der Waals surface area contributed by atoms with Gasteiger partial charge in [0, 0.05) is 0 Å². The molecule has 0 unspecified atom stereocenters. The molecule has 0 N–H and O–H groups in total. The van der Waals surface area contributed by atoms with E-state index >= 15 is 0 Å². The van der Waals surface area contributed by atoms with Gasteiger partial charge in [0.05, 0.1) is 7.11 Å². The van der Waals surface area contributed by atoms with Crippen molar-refractivity contribution in [1.82, 2.24) is 0 Å². The lowest BCUT2D eigenvalue weighted by Gasteiger charge is -2.17. The number of carbonyl (C=O) groups excluding carboxylic acids is 1. The van der Waals surface area contributed by atoms with Crippen LogP contribution in [0.1, 0.15) is 25.5 Å². The predicted octanol–water partition coefficient (Wildman–Crippen LogP) is 2.09. The lowest BCUT2D eigenvalue weighted by Crippen LogP contribution is -2.21. The summed E-state index contributed by atoms with van der Waals surface area (Å²) in [5, 5.41) is 0. The number of carbonyl (C=O) groups is 1. The molecule has 2 rings (SSSR count). The molecule has 0 aliphatic carbocycles. The van der Waals surface area contributed by atoms with E-state index < -0.39 is 11.9 Å². The van der Waals surface area contributed by atoms with E-state index in [-0.39, 0.29) is 6.10 Å². The summed E-state index contributed by atoms with van der Waals surface area (Å²) in [6, 6.07) is 7.44. The normalized spacial score (nSPS) is 26.8. The summed E-state index contributed by atoms with van der Waals surface area (Å²) in [4.78, 5) is 11.0. The van der Waals surface area contributed by atoms with Gasteiger partial charge in [-0.3, -0.25) is 0 Å². The standard InChI is InChI=1S/C13H16O4/c1-13(2)16-11(8-14)12(17-13)9-4-6-10(15-3)7-5-9/h4-8,11-12H,1-3H3/t11-,12-/m0/s1. The van der Waals surface area contributed by atoms with Gasteiger partial charge in [0.15, 0.2) is 12.1 Å². The fraction of sp³-hybridized carbons (Fsp3) is 0.462. The van der Waals surface area contributed by atoms with Gasteiger partial charge < -0.3 is 19.0 Å². The van der Waals surface area contributed by atoms with E-state index in [0.29, 0.717) is 0 Å². The van der Waals surface area contributed by atoms with Crippen molar-refractivity contribution in [3.8, 4) is 5.75 Å². The van der Waals surface area contributed by atoms with E-state index in [1.165, 1.54) is 0 Å². The molecule has 1 aliphatic heterocycles. The molecule has 1 fully saturated rings. The smallest absolute Gasteiger partial charge is 0.164 e. The lowest BCUT2D eigenvalue weighted by atomic mass is 10.1. The lowest BCUT2D eigenvalue weighted by molar-refractivity contribution is -0.150. The summed E-state index contributed by atoms with van der Waals surface area (Å²) in [7, 11) is 1.61. The summed E-state index contributed by atoms with van der Waals surface area (Å²) in [5.74, 6) is 0.0467. The first-order chi connectivity index (χ1) is 8.05. The molecule has 0 spiro atoms. The molecule has 4 heteroatoms. The Morgan fingerprint density at radius 3 is 2.41 bits per heavy atom. The fourth-order valence-electron chi connectivity index (χ4n) is 1.94. The maximum Gasteiger partial charge on any atom is 0.164 e.